The second kappa shape index (κ2) is 3.01. The first-order chi connectivity index (χ1) is 5.68. The first-order valence-electron chi connectivity index (χ1n) is 3.30. The molecule has 62 valence electrons. The maximum atomic E-state index is 5.78. The van der Waals surface area contributed by atoms with Crippen LogP contribution in [0.4, 0.5) is 5.69 Å². The molecule has 0 aliphatic rings. The van der Waals surface area contributed by atoms with E-state index in [-0.39, 0.29) is 0 Å². The Morgan fingerprint density at radius 3 is 2.75 bits per heavy atom. The van der Waals surface area contributed by atoms with E-state index in [1.54, 1.807) is 11.3 Å². The van der Waals surface area contributed by atoms with Gasteiger partial charge in [0.05, 0.1) is 10.4 Å². The Labute approximate surface area is 90.8 Å². The van der Waals surface area contributed by atoms with Gasteiger partial charge in [-0.25, -0.2) is 0 Å². The highest BCUT2D eigenvalue weighted by Gasteiger charge is 2.05. The Morgan fingerprint density at radius 2 is 2.00 bits per heavy atom. The Morgan fingerprint density at radius 1 is 1.25 bits per heavy atom. The van der Waals surface area contributed by atoms with Crippen molar-refractivity contribution in [2.75, 3.05) is 5.73 Å². The van der Waals surface area contributed by atoms with Crippen molar-refractivity contribution < 1.29 is 0 Å². The van der Waals surface area contributed by atoms with Gasteiger partial charge < -0.3 is 5.73 Å². The van der Waals surface area contributed by atoms with Crippen molar-refractivity contribution in [1.29, 1.82) is 0 Å². The van der Waals surface area contributed by atoms with E-state index < -0.39 is 0 Å². The SMILES string of the molecule is Nc1csc2c(Br)cc(Br)cc12. The van der Waals surface area contributed by atoms with Crippen LogP contribution in [-0.2, 0) is 0 Å². The number of thiophene rings is 1. The van der Waals surface area contributed by atoms with Crippen LogP contribution in [0.2, 0.25) is 0 Å². The molecule has 1 heterocycles. The summed E-state index contributed by atoms with van der Waals surface area (Å²) >= 11 is 8.56. The monoisotopic (exact) mass is 305 g/mol. The Kier molecular flexibility index (Phi) is 2.14. The third-order valence-corrected chi connectivity index (χ3v) is 4.02. The van der Waals surface area contributed by atoms with Gasteiger partial charge in [0.1, 0.15) is 0 Å². The highest BCUT2D eigenvalue weighted by molar-refractivity contribution is 9.11. The molecule has 0 radical (unpaired) electrons. The normalized spacial score (nSPS) is 10.8. The van der Waals surface area contributed by atoms with Crippen molar-refractivity contribution in [1.82, 2.24) is 0 Å². The van der Waals surface area contributed by atoms with Crippen LogP contribution in [0.1, 0.15) is 0 Å². The zero-order valence-corrected chi connectivity index (χ0v) is 9.96. The molecule has 2 rings (SSSR count). The van der Waals surface area contributed by atoms with Crippen molar-refractivity contribution in [2.24, 2.45) is 0 Å². The Bertz CT molecular complexity index is 436. The summed E-state index contributed by atoms with van der Waals surface area (Å²) in [5.41, 5.74) is 6.63. The molecule has 1 aromatic carbocycles. The summed E-state index contributed by atoms with van der Waals surface area (Å²) < 4.78 is 3.34. The lowest BCUT2D eigenvalue weighted by Gasteiger charge is -1.96. The predicted molar refractivity (Wildman–Crippen MR) is 61.6 cm³/mol. The first kappa shape index (κ1) is 8.53. The fourth-order valence-electron chi connectivity index (χ4n) is 1.08. The third kappa shape index (κ3) is 1.28. The van der Waals surface area contributed by atoms with E-state index in [4.69, 9.17) is 5.73 Å². The van der Waals surface area contributed by atoms with Crippen LogP contribution in [0.15, 0.2) is 26.5 Å². The van der Waals surface area contributed by atoms with Gasteiger partial charge >= 0.3 is 0 Å². The molecular weight excluding hydrogens is 302 g/mol. The van der Waals surface area contributed by atoms with Gasteiger partial charge in [-0.2, -0.15) is 0 Å². The highest BCUT2D eigenvalue weighted by Crippen LogP contribution is 2.36. The van der Waals surface area contributed by atoms with Gasteiger partial charge in [-0.15, -0.1) is 11.3 Å². The minimum Gasteiger partial charge on any atom is -0.398 e. The number of anilines is 1. The lowest BCUT2D eigenvalue weighted by molar-refractivity contribution is 1.72. The fraction of sp³-hybridized carbons (Fsp3) is 0. The van der Waals surface area contributed by atoms with Crippen molar-refractivity contribution in [2.45, 2.75) is 0 Å². The van der Waals surface area contributed by atoms with E-state index in [1.165, 1.54) is 4.70 Å². The lowest BCUT2D eigenvalue weighted by atomic mass is 10.2. The van der Waals surface area contributed by atoms with Crippen molar-refractivity contribution in [3.63, 3.8) is 0 Å². The Hall–Kier alpha value is -0.0600. The molecule has 0 spiro atoms. The van der Waals surface area contributed by atoms with E-state index in [1.807, 2.05) is 17.5 Å². The number of nitrogens with two attached hydrogens (primary N) is 1. The first-order valence-corrected chi connectivity index (χ1v) is 5.77. The van der Waals surface area contributed by atoms with Gasteiger partial charge in [0.15, 0.2) is 0 Å². The second-order valence-electron chi connectivity index (χ2n) is 2.46. The summed E-state index contributed by atoms with van der Waals surface area (Å²) in [6.45, 7) is 0. The number of hydrogen-bond acceptors (Lipinski definition) is 2. The van der Waals surface area contributed by atoms with Crippen LogP contribution in [0, 0.1) is 0 Å². The number of halogens is 2. The van der Waals surface area contributed by atoms with Gasteiger partial charge in [-0.05, 0) is 28.1 Å². The van der Waals surface area contributed by atoms with Gasteiger partial charge in [0.25, 0.3) is 0 Å². The standard InChI is InChI=1S/C8H5Br2NS/c9-4-1-5-7(11)3-12-8(5)6(10)2-4/h1-3H,11H2. The van der Waals surface area contributed by atoms with Crippen molar-refractivity contribution >= 4 is 59.0 Å². The molecule has 12 heavy (non-hydrogen) atoms. The molecule has 4 heteroatoms. The highest BCUT2D eigenvalue weighted by atomic mass is 79.9. The molecule has 0 unspecified atom stereocenters. The molecule has 0 bridgehead atoms. The zero-order chi connectivity index (χ0) is 8.72. The number of hydrogen-bond donors (Lipinski definition) is 1. The van der Waals surface area contributed by atoms with Gasteiger partial charge in [-0.1, -0.05) is 15.9 Å². The summed E-state index contributed by atoms with van der Waals surface area (Å²) in [5, 5.41) is 3.07. The fourth-order valence-corrected chi connectivity index (χ4v) is 3.43. The third-order valence-electron chi connectivity index (χ3n) is 1.62. The molecule has 0 fully saturated rings. The molecule has 2 aromatic rings. The maximum absolute atomic E-state index is 5.78. The summed E-state index contributed by atoms with van der Waals surface area (Å²) in [4.78, 5) is 0. The number of nitrogen functional groups attached to an aromatic ring is 1. The molecule has 0 aliphatic carbocycles. The molecule has 0 saturated heterocycles. The van der Waals surface area contributed by atoms with E-state index in [0.29, 0.717) is 0 Å². The molecule has 1 nitrogen and oxygen atoms in total. The van der Waals surface area contributed by atoms with E-state index in [2.05, 4.69) is 31.9 Å². The average molecular weight is 307 g/mol. The van der Waals surface area contributed by atoms with Gasteiger partial charge in [0.2, 0.25) is 0 Å². The van der Waals surface area contributed by atoms with Gasteiger partial charge in [0, 0.05) is 19.7 Å². The predicted octanol–water partition coefficient (Wildman–Crippen LogP) is 4.01. The summed E-state index contributed by atoms with van der Waals surface area (Å²) in [6, 6.07) is 4.06. The minimum absolute atomic E-state index is 0.844. The quantitative estimate of drug-likeness (QED) is 0.782. The topological polar surface area (TPSA) is 26.0 Å². The van der Waals surface area contributed by atoms with E-state index in [0.717, 1.165) is 20.0 Å². The average Bonchev–Trinajstić information content (AvgIpc) is 2.33. The smallest absolute Gasteiger partial charge is 0.0507 e. The van der Waals surface area contributed by atoms with Crippen LogP contribution >= 0.6 is 43.2 Å². The molecule has 0 aliphatic heterocycles. The molecular formula is C8H5Br2NS. The van der Waals surface area contributed by atoms with Crippen molar-refractivity contribution in [3.05, 3.63) is 26.5 Å². The zero-order valence-electron chi connectivity index (χ0n) is 5.97. The molecule has 0 saturated carbocycles. The van der Waals surface area contributed by atoms with Crippen LogP contribution in [0.5, 0.6) is 0 Å². The van der Waals surface area contributed by atoms with E-state index >= 15 is 0 Å². The van der Waals surface area contributed by atoms with Crippen LogP contribution in [0.25, 0.3) is 10.1 Å². The van der Waals surface area contributed by atoms with Gasteiger partial charge in [-0.3, -0.25) is 0 Å². The van der Waals surface area contributed by atoms with Crippen LogP contribution < -0.4 is 5.73 Å². The minimum atomic E-state index is 0.844. The molecule has 1 aromatic heterocycles. The van der Waals surface area contributed by atoms with E-state index in [9.17, 15) is 0 Å². The summed E-state index contributed by atoms with van der Waals surface area (Å²) in [7, 11) is 0. The number of fused-ring (bicyclic) bond motifs is 1. The summed E-state index contributed by atoms with van der Waals surface area (Å²) in [5.74, 6) is 0. The van der Waals surface area contributed by atoms with Crippen molar-refractivity contribution in [3.8, 4) is 0 Å². The molecule has 2 N–H and O–H groups in total. The largest absolute Gasteiger partial charge is 0.398 e. The number of rotatable bonds is 0. The van der Waals surface area contributed by atoms with Crippen LogP contribution in [0.3, 0.4) is 0 Å². The number of benzene rings is 1. The summed E-state index contributed by atoms with van der Waals surface area (Å²) in [6.07, 6.45) is 0. The molecule has 0 amide bonds. The maximum Gasteiger partial charge on any atom is 0.0507 e. The lowest BCUT2D eigenvalue weighted by Crippen LogP contribution is -1.80. The second-order valence-corrected chi connectivity index (χ2v) is 5.11. The Balaban J connectivity index is 2.92. The van der Waals surface area contributed by atoms with Crippen LogP contribution in [-0.4, -0.2) is 0 Å². The molecule has 0 atom stereocenters.